The maximum atomic E-state index is 5.50. The lowest BCUT2D eigenvalue weighted by Gasteiger charge is -2.20. The van der Waals surface area contributed by atoms with Crippen LogP contribution in [0, 0.1) is 11.8 Å². The summed E-state index contributed by atoms with van der Waals surface area (Å²) in [5.41, 5.74) is 0. The Labute approximate surface area is 107 Å². The van der Waals surface area contributed by atoms with Crippen LogP contribution in [0.5, 0.6) is 0 Å². The zero-order valence-electron chi connectivity index (χ0n) is 11.6. The van der Waals surface area contributed by atoms with Gasteiger partial charge < -0.3 is 4.74 Å². The van der Waals surface area contributed by atoms with Gasteiger partial charge in [-0.15, -0.1) is 0 Å². The Kier molecular flexibility index (Phi) is 5.84. The second kappa shape index (κ2) is 7.41. The molecular formula is C16H30O. The van der Waals surface area contributed by atoms with Gasteiger partial charge in [0.05, 0.1) is 6.10 Å². The highest BCUT2D eigenvalue weighted by Gasteiger charge is 2.26. The number of methoxy groups -OCH3 is 1. The van der Waals surface area contributed by atoms with Crippen molar-refractivity contribution in [3.63, 3.8) is 0 Å². The van der Waals surface area contributed by atoms with Crippen molar-refractivity contribution in [2.24, 2.45) is 11.8 Å². The van der Waals surface area contributed by atoms with E-state index in [4.69, 9.17) is 4.74 Å². The highest BCUT2D eigenvalue weighted by molar-refractivity contribution is 4.78. The van der Waals surface area contributed by atoms with Gasteiger partial charge in [-0.25, -0.2) is 0 Å². The number of hydrogen-bond acceptors (Lipinski definition) is 1. The molecule has 1 heteroatoms. The van der Waals surface area contributed by atoms with Crippen LogP contribution >= 0.6 is 0 Å². The van der Waals surface area contributed by atoms with Crippen LogP contribution in [0.1, 0.15) is 77.0 Å². The summed E-state index contributed by atoms with van der Waals surface area (Å²) >= 11 is 0. The maximum Gasteiger partial charge on any atom is 0.0574 e. The van der Waals surface area contributed by atoms with Crippen molar-refractivity contribution in [2.45, 2.75) is 83.2 Å². The van der Waals surface area contributed by atoms with Crippen LogP contribution in [0.3, 0.4) is 0 Å². The highest BCUT2D eigenvalue weighted by Crippen LogP contribution is 2.35. The molecule has 0 saturated heterocycles. The minimum absolute atomic E-state index is 0.580. The Morgan fingerprint density at radius 3 is 2.00 bits per heavy atom. The molecule has 17 heavy (non-hydrogen) atoms. The van der Waals surface area contributed by atoms with Crippen molar-refractivity contribution in [3.8, 4) is 0 Å². The van der Waals surface area contributed by atoms with E-state index in [9.17, 15) is 0 Å². The Morgan fingerprint density at radius 2 is 1.41 bits per heavy atom. The quantitative estimate of drug-likeness (QED) is 0.676. The van der Waals surface area contributed by atoms with Crippen LogP contribution in [-0.4, -0.2) is 13.2 Å². The summed E-state index contributed by atoms with van der Waals surface area (Å²) in [6.07, 6.45) is 18.1. The van der Waals surface area contributed by atoms with E-state index in [1.807, 2.05) is 7.11 Å². The third-order valence-corrected chi connectivity index (χ3v) is 4.97. The molecule has 2 aliphatic rings. The van der Waals surface area contributed by atoms with Gasteiger partial charge in [-0.1, -0.05) is 51.4 Å². The van der Waals surface area contributed by atoms with Gasteiger partial charge in [0.25, 0.3) is 0 Å². The molecule has 0 amide bonds. The third kappa shape index (κ3) is 4.62. The zero-order valence-corrected chi connectivity index (χ0v) is 11.6. The Balaban J connectivity index is 1.72. The first-order valence-corrected chi connectivity index (χ1v) is 7.91. The molecular weight excluding hydrogens is 208 g/mol. The normalized spacial score (nSPS) is 33.0. The number of hydrogen-bond donors (Lipinski definition) is 0. The highest BCUT2D eigenvalue weighted by atomic mass is 16.5. The summed E-state index contributed by atoms with van der Waals surface area (Å²) in [5, 5.41) is 0. The van der Waals surface area contributed by atoms with Gasteiger partial charge in [0.1, 0.15) is 0 Å². The van der Waals surface area contributed by atoms with Crippen LogP contribution in [-0.2, 0) is 4.74 Å². The van der Waals surface area contributed by atoms with Crippen LogP contribution in [0.25, 0.3) is 0 Å². The lowest BCUT2D eigenvalue weighted by molar-refractivity contribution is 0.104. The fourth-order valence-electron chi connectivity index (χ4n) is 3.88. The lowest BCUT2D eigenvalue weighted by atomic mass is 9.86. The summed E-state index contributed by atoms with van der Waals surface area (Å²) in [7, 11) is 1.88. The van der Waals surface area contributed by atoms with Gasteiger partial charge in [0.2, 0.25) is 0 Å². The van der Waals surface area contributed by atoms with Crippen LogP contribution < -0.4 is 0 Å². The number of ether oxygens (including phenoxy) is 1. The maximum absolute atomic E-state index is 5.50. The monoisotopic (exact) mass is 238 g/mol. The minimum atomic E-state index is 0.580. The summed E-state index contributed by atoms with van der Waals surface area (Å²) in [6.45, 7) is 0. The van der Waals surface area contributed by atoms with E-state index in [2.05, 4.69) is 0 Å². The van der Waals surface area contributed by atoms with E-state index in [1.165, 1.54) is 77.0 Å². The molecule has 0 aromatic carbocycles. The number of rotatable bonds is 3. The van der Waals surface area contributed by atoms with Gasteiger partial charge in [0, 0.05) is 7.11 Å². The van der Waals surface area contributed by atoms with E-state index in [0.717, 1.165) is 11.8 Å². The average Bonchev–Trinajstić information content (AvgIpc) is 2.82. The summed E-state index contributed by atoms with van der Waals surface area (Å²) in [4.78, 5) is 0. The first kappa shape index (κ1) is 13.4. The molecule has 0 spiro atoms. The smallest absolute Gasteiger partial charge is 0.0574 e. The van der Waals surface area contributed by atoms with Crippen molar-refractivity contribution in [1.29, 1.82) is 0 Å². The predicted molar refractivity (Wildman–Crippen MR) is 73.2 cm³/mol. The molecule has 1 nitrogen and oxygen atoms in total. The van der Waals surface area contributed by atoms with E-state index in [1.54, 1.807) is 0 Å². The average molecular weight is 238 g/mol. The van der Waals surface area contributed by atoms with E-state index in [-0.39, 0.29) is 0 Å². The van der Waals surface area contributed by atoms with Gasteiger partial charge in [-0.3, -0.25) is 0 Å². The van der Waals surface area contributed by atoms with Crippen LogP contribution in [0.15, 0.2) is 0 Å². The molecule has 0 N–H and O–H groups in total. The van der Waals surface area contributed by atoms with Gasteiger partial charge in [0.15, 0.2) is 0 Å². The standard InChI is InChI=1S/C16H30O/c1-17-16-11-10-15(13-16)12-14-8-6-4-2-3-5-7-9-14/h14-16H,2-13H2,1H3/t15-,16-/m1/s1. The molecule has 0 heterocycles. The van der Waals surface area contributed by atoms with Crippen LogP contribution in [0.2, 0.25) is 0 Å². The fourth-order valence-corrected chi connectivity index (χ4v) is 3.88. The Bertz CT molecular complexity index is 192. The molecule has 2 saturated carbocycles. The van der Waals surface area contributed by atoms with Gasteiger partial charge >= 0.3 is 0 Å². The molecule has 0 unspecified atom stereocenters. The third-order valence-electron chi connectivity index (χ3n) is 4.97. The first-order valence-electron chi connectivity index (χ1n) is 7.91. The molecule has 2 atom stereocenters. The molecule has 2 rings (SSSR count). The fraction of sp³-hybridized carbons (Fsp3) is 1.00. The zero-order chi connectivity index (χ0) is 11.9. The largest absolute Gasteiger partial charge is 0.381 e. The Morgan fingerprint density at radius 1 is 0.765 bits per heavy atom. The Hall–Kier alpha value is -0.0400. The molecule has 0 aliphatic heterocycles. The summed E-state index contributed by atoms with van der Waals surface area (Å²) < 4.78 is 5.50. The van der Waals surface area contributed by atoms with Crippen molar-refractivity contribution >= 4 is 0 Å². The molecule has 2 aliphatic carbocycles. The second-order valence-electron chi connectivity index (χ2n) is 6.34. The van der Waals surface area contributed by atoms with Crippen LogP contribution in [0.4, 0.5) is 0 Å². The predicted octanol–water partition coefficient (Wildman–Crippen LogP) is 4.94. The molecule has 0 radical (unpaired) electrons. The van der Waals surface area contributed by atoms with Crippen molar-refractivity contribution in [1.82, 2.24) is 0 Å². The second-order valence-corrected chi connectivity index (χ2v) is 6.34. The molecule has 0 aromatic heterocycles. The molecule has 2 fully saturated rings. The lowest BCUT2D eigenvalue weighted by Crippen LogP contribution is -2.09. The summed E-state index contributed by atoms with van der Waals surface area (Å²) in [6, 6.07) is 0. The first-order chi connectivity index (χ1) is 8.38. The molecule has 0 bridgehead atoms. The van der Waals surface area contributed by atoms with Gasteiger partial charge in [-0.05, 0) is 37.5 Å². The molecule has 100 valence electrons. The van der Waals surface area contributed by atoms with E-state index < -0.39 is 0 Å². The summed E-state index contributed by atoms with van der Waals surface area (Å²) in [5.74, 6) is 2.01. The van der Waals surface area contributed by atoms with Crippen molar-refractivity contribution in [3.05, 3.63) is 0 Å². The van der Waals surface area contributed by atoms with Gasteiger partial charge in [-0.2, -0.15) is 0 Å². The topological polar surface area (TPSA) is 9.23 Å². The van der Waals surface area contributed by atoms with E-state index in [0.29, 0.717) is 6.10 Å². The SMILES string of the molecule is CO[C@@H]1CC[C@H](CC2CCCCCCCC2)C1. The molecule has 0 aromatic rings. The van der Waals surface area contributed by atoms with Crippen molar-refractivity contribution < 1.29 is 4.74 Å². The van der Waals surface area contributed by atoms with E-state index >= 15 is 0 Å². The minimum Gasteiger partial charge on any atom is -0.381 e. The van der Waals surface area contributed by atoms with Crippen molar-refractivity contribution in [2.75, 3.05) is 7.11 Å².